The topological polar surface area (TPSA) is 51.0 Å². The Morgan fingerprint density at radius 2 is 1.27 bits per heavy atom. The van der Waals surface area contributed by atoms with Gasteiger partial charge in [-0.3, -0.25) is 9.80 Å². The minimum absolute atomic E-state index is 0.373. The summed E-state index contributed by atoms with van der Waals surface area (Å²) in [6.07, 6.45) is 0.373. The smallest absolute Gasteiger partial charge is 0.0752 e. The lowest BCUT2D eigenvalue weighted by molar-refractivity contribution is -0.0622. The van der Waals surface area contributed by atoms with Crippen molar-refractivity contribution in [1.29, 1.82) is 0 Å². The molecule has 2 saturated heterocycles. The quantitative estimate of drug-likeness (QED) is 0.650. The Hall–Kier alpha value is -0.200. The van der Waals surface area contributed by atoms with E-state index in [0.717, 1.165) is 52.6 Å². The van der Waals surface area contributed by atoms with Gasteiger partial charge in [0.05, 0.1) is 32.6 Å². The fourth-order valence-electron chi connectivity index (χ4n) is 2.28. The van der Waals surface area contributed by atoms with Crippen LogP contribution in [0.2, 0.25) is 0 Å². The van der Waals surface area contributed by atoms with Gasteiger partial charge in [-0.15, -0.1) is 0 Å². The largest absolute Gasteiger partial charge is 0.379 e. The molecule has 15 heavy (non-hydrogen) atoms. The summed E-state index contributed by atoms with van der Waals surface area (Å²) in [6, 6.07) is 0. The molecular weight excluding hydrogens is 194 g/mol. The molecule has 0 unspecified atom stereocenters. The molecule has 0 bridgehead atoms. The van der Waals surface area contributed by atoms with Crippen molar-refractivity contribution >= 4 is 0 Å². The summed E-state index contributed by atoms with van der Waals surface area (Å²) in [5.74, 6) is 0. The number of morpholine rings is 2. The van der Waals surface area contributed by atoms with Crippen LogP contribution in [-0.4, -0.2) is 75.1 Å². The molecule has 5 heteroatoms. The molecule has 0 aliphatic carbocycles. The zero-order valence-corrected chi connectivity index (χ0v) is 9.23. The first-order valence-corrected chi connectivity index (χ1v) is 5.75. The van der Waals surface area contributed by atoms with E-state index >= 15 is 0 Å². The minimum atomic E-state index is 0.373. The van der Waals surface area contributed by atoms with E-state index in [1.807, 2.05) is 0 Å². The van der Waals surface area contributed by atoms with Crippen molar-refractivity contribution in [2.45, 2.75) is 6.17 Å². The van der Waals surface area contributed by atoms with Gasteiger partial charge in [-0.05, 0) is 0 Å². The highest BCUT2D eigenvalue weighted by atomic mass is 16.5. The summed E-state index contributed by atoms with van der Waals surface area (Å²) in [4.78, 5) is 4.85. The van der Waals surface area contributed by atoms with Crippen molar-refractivity contribution < 1.29 is 9.47 Å². The van der Waals surface area contributed by atoms with Crippen LogP contribution in [-0.2, 0) is 9.47 Å². The number of ether oxygens (including phenoxy) is 2. The molecule has 0 aromatic carbocycles. The second-order valence-corrected chi connectivity index (χ2v) is 4.01. The number of hydrogen-bond acceptors (Lipinski definition) is 5. The molecule has 0 radical (unpaired) electrons. The van der Waals surface area contributed by atoms with Gasteiger partial charge in [0.15, 0.2) is 0 Å². The van der Waals surface area contributed by atoms with Crippen molar-refractivity contribution in [3.8, 4) is 0 Å². The average Bonchev–Trinajstić information content (AvgIpc) is 2.33. The number of hydrogen-bond donors (Lipinski definition) is 1. The predicted octanol–water partition coefficient (Wildman–Crippen LogP) is -1.06. The van der Waals surface area contributed by atoms with E-state index < -0.39 is 0 Å². The SMILES string of the molecule is NCC(N1CCOCC1)N1CCOCC1. The Kier molecular flexibility index (Phi) is 4.34. The third kappa shape index (κ3) is 2.89. The van der Waals surface area contributed by atoms with Gasteiger partial charge in [0.1, 0.15) is 0 Å². The zero-order chi connectivity index (χ0) is 10.5. The van der Waals surface area contributed by atoms with Gasteiger partial charge in [-0.1, -0.05) is 0 Å². The summed E-state index contributed by atoms with van der Waals surface area (Å²) in [5, 5.41) is 0. The van der Waals surface area contributed by atoms with Gasteiger partial charge in [0.25, 0.3) is 0 Å². The van der Waals surface area contributed by atoms with Crippen molar-refractivity contribution in [2.75, 3.05) is 59.2 Å². The maximum atomic E-state index is 5.87. The van der Waals surface area contributed by atoms with E-state index in [0.29, 0.717) is 12.7 Å². The normalized spacial score (nSPS) is 26.0. The van der Waals surface area contributed by atoms with Crippen LogP contribution in [0, 0.1) is 0 Å². The van der Waals surface area contributed by atoms with Crippen LogP contribution < -0.4 is 5.73 Å². The molecule has 0 aromatic heterocycles. The molecule has 2 aliphatic rings. The van der Waals surface area contributed by atoms with Gasteiger partial charge < -0.3 is 15.2 Å². The van der Waals surface area contributed by atoms with Crippen LogP contribution in [0.3, 0.4) is 0 Å². The molecule has 88 valence electrons. The molecule has 0 spiro atoms. The van der Waals surface area contributed by atoms with Crippen LogP contribution in [0.15, 0.2) is 0 Å². The van der Waals surface area contributed by atoms with Gasteiger partial charge in [-0.2, -0.15) is 0 Å². The molecule has 2 fully saturated rings. The van der Waals surface area contributed by atoms with E-state index in [1.54, 1.807) is 0 Å². The van der Waals surface area contributed by atoms with Gasteiger partial charge >= 0.3 is 0 Å². The summed E-state index contributed by atoms with van der Waals surface area (Å²) >= 11 is 0. The highest BCUT2D eigenvalue weighted by molar-refractivity contribution is 4.77. The summed E-state index contributed by atoms with van der Waals surface area (Å²) in [6.45, 7) is 8.03. The Bertz CT molecular complexity index is 162. The van der Waals surface area contributed by atoms with E-state index in [9.17, 15) is 0 Å². The zero-order valence-electron chi connectivity index (χ0n) is 9.23. The Morgan fingerprint density at radius 3 is 1.60 bits per heavy atom. The molecule has 5 nitrogen and oxygen atoms in total. The molecular formula is C10H21N3O2. The standard InChI is InChI=1S/C10H21N3O2/c11-9-10(12-1-5-14-6-2-12)13-3-7-15-8-4-13/h10H,1-9,11H2. The lowest BCUT2D eigenvalue weighted by Gasteiger charge is -2.42. The lowest BCUT2D eigenvalue weighted by atomic mass is 10.3. The van der Waals surface area contributed by atoms with Crippen molar-refractivity contribution in [1.82, 2.24) is 9.80 Å². The molecule has 0 saturated carbocycles. The van der Waals surface area contributed by atoms with Gasteiger partial charge in [-0.25, -0.2) is 0 Å². The summed E-state index contributed by atoms with van der Waals surface area (Å²) < 4.78 is 10.7. The summed E-state index contributed by atoms with van der Waals surface area (Å²) in [7, 11) is 0. The van der Waals surface area contributed by atoms with Crippen LogP contribution in [0.5, 0.6) is 0 Å². The number of nitrogens with two attached hydrogens (primary N) is 1. The van der Waals surface area contributed by atoms with Crippen LogP contribution in [0.1, 0.15) is 0 Å². The van der Waals surface area contributed by atoms with Crippen LogP contribution in [0.4, 0.5) is 0 Å². The monoisotopic (exact) mass is 215 g/mol. The van der Waals surface area contributed by atoms with Crippen molar-refractivity contribution in [3.63, 3.8) is 0 Å². The molecule has 0 aromatic rings. The molecule has 0 atom stereocenters. The van der Waals surface area contributed by atoms with Crippen LogP contribution in [0.25, 0.3) is 0 Å². The molecule has 2 aliphatic heterocycles. The fraction of sp³-hybridized carbons (Fsp3) is 1.00. The van der Waals surface area contributed by atoms with E-state index in [4.69, 9.17) is 15.2 Å². The maximum absolute atomic E-state index is 5.87. The Labute approximate surface area is 91.1 Å². The first kappa shape index (κ1) is 11.3. The molecule has 2 N–H and O–H groups in total. The minimum Gasteiger partial charge on any atom is -0.379 e. The van der Waals surface area contributed by atoms with E-state index in [-0.39, 0.29) is 0 Å². The second-order valence-electron chi connectivity index (χ2n) is 4.01. The highest BCUT2D eigenvalue weighted by Crippen LogP contribution is 2.10. The third-order valence-electron chi connectivity index (χ3n) is 3.15. The first-order chi connectivity index (χ1) is 7.42. The van der Waals surface area contributed by atoms with E-state index in [1.165, 1.54) is 0 Å². The predicted molar refractivity (Wildman–Crippen MR) is 57.6 cm³/mol. The first-order valence-electron chi connectivity index (χ1n) is 5.75. The Balaban J connectivity index is 1.88. The van der Waals surface area contributed by atoms with E-state index in [2.05, 4.69) is 9.80 Å². The number of nitrogens with zero attached hydrogens (tertiary/aromatic N) is 2. The van der Waals surface area contributed by atoms with Crippen LogP contribution >= 0.6 is 0 Å². The number of rotatable bonds is 3. The molecule has 0 amide bonds. The molecule has 2 rings (SSSR count). The fourth-order valence-corrected chi connectivity index (χ4v) is 2.28. The highest BCUT2D eigenvalue weighted by Gasteiger charge is 2.26. The average molecular weight is 215 g/mol. The lowest BCUT2D eigenvalue weighted by Crippen LogP contribution is -2.58. The van der Waals surface area contributed by atoms with Crippen molar-refractivity contribution in [3.05, 3.63) is 0 Å². The maximum Gasteiger partial charge on any atom is 0.0752 e. The van der Waals surface area contributed by atoms with Gasteiger partial charge in [0.2, 0.25) is 0 Å². The third-order valence-corrected chi connectivity index (χ3v) is 3.15. The summed E-state index contributed by atoms with van der Waals surface area (Å²) in [5.41, 5.74) is 5.87. The Morgan fingerprint density at radius 1 is 0.867 bits per heavy atom. The van der Waals surface area contributed by atoms with Gasteiger partial charge in [0, 0.05) is 32.7 Å². The van der Waals surface area contributed by atoms with Crippen molar-refractivity contribution in [2.24, 2.45) is 5.73 Å². The second kappa shape index (κ2) is 5.77. The molecule has 2 heterocycles.